The molecule has 0 radical (unpaired) electrons. The van der Waals surface area contributed by atoms with Crippen LogP contribution in [0.4, 0.5) is 0 Å². The number of fused-ring (bicyclic) bond motifs is 1. The molecule has 0 aliphatic carbocycles. The fourth-order valence-electron chi connectivity index (χ4n) is 2.41. The van der Waals surface area contributed by atoms with Crippen LogP contribution in [0.15, 0.2) is 16.3 Å². The monoisotopic (exact) mass is 386 g/mol. The van der Waals surface area contributed by atoms with Crippen LogP contribution < -0.4 is 0 Å². The highest BCUT2D eigenvalue weighted by molar-refractivity contribution is 8.11. The molecule has 138 valence electrons. The molecule has 0 aromatic carbocycles. The van der Waals surface area contributed by atoms with E-state index in [1.54, 1.807) is 26.3 Å². The highest BCUT2D eigenvalue weighted by Crippen LogP contribution is 2.42. The second-order valence-corrected chi connectivity index (χ2v) is 8.37. The van der Waals surface area contributed by atoms with Gasteiger partial charge in [0, 0.05) is 18.2 Å². The number of hydrogen-bond donors (Lipinski definition) is 0. The maximum absolute atomic E-state index is 12.7. The molecular formula is C16H22N2O5S2. The number of rotatable bonds is 5. The van der Waals surface area contributed by atoms with Crippen molar-refractivity contribution in [1.82, 2.24) is 4.90 Å². The number of amides is 1. The van der Waals surface area contributed by atoms with Gasteiger partial charge in [0.15, 0.2) is 6.04 Å². The van der Waals surface area contributed by atoms with Crippen LogP contribution in [-0.4, -0.2) is 63.9 Å². The van der Waals surface area contributed by atoms with Crippen molar-refractivity contribution in [2.24, 2.45) is 4.99 Å². The Hall–Kier alpha value is -1.48. The van der Waals surface area contributed by atoms with Gasteiger partial charge in [0.2, 0.25) is 0 Å². The van der Waals surface area contributed by atoms with Gasteiger partial charge in [0.05, 0.1) is 5.55 Å². The van der Waals surface area contributed by atoms with Gasteiger partial charge < -0.3 is 9.47 Å². The summed E-state index contributed by atoms with van der Waals surface area (Å²) in [5.41, 5.74) is 1.69. The Labute approximate surface area is 155 Å². The number of carbonyl (C=O) groups excluding carboxylic acids is 3. The zero-order valence-corrected chi connectivity index (χ0v) is 16.5. The SMILES string of the molecule is CSC=N[C@@H]1C(=O)N2C(C(=O)OC(C)(C)C)=C(COC(C)=O)CS[C@H]12. The van der Waals surface area contributed by atoms with Gasteiger partial charge in [-0.3, -0.25) is 19.5 Å². The predicted octanol–water partition coefficient (Wildman–Crippen LogP) is 1.82. The van der Waals surface area contributed by atoms with Crippen LogP contribution in [0.1, 0.15) is 27.7 Å². The zero-order valence-electron chi connectivity index (χ0n) is 14.9. The number of aliphatic imine (C=N–C) groups is 1. The molecule has 0 saturated carbocycles. The van der Waals surface area contributed by atoms with Crippen LogP contribution in [0, 0.1) is 0 Å². The lowest BCUT2D eigenvalue weighted by molar-refractivity contribution is -0.158. The number of nitrogens with zero attached hydrogens (tertiary/aromatic N) is 2. The summed E-state index contributed by atoms with van der Waals surface area (Å²) in [5.74, 6) is -0.800. The molecule has 2 heterocycles. The average molecular weight is 386 g/mol. The molecule has 0 spiro atoms. The number of thioether (sulfide) groups is 2. The minimum atomic E-state index is -0.693. The summed E-state index contributed by atoms with van der Waals surface area (Å²) in [7, 11) is 0. The molecule has 0 bridgehead atoms. The third kappa shape index (κ3) is 4.58. The van der Waals surface area contributed by atoms with Crippen molar-refractivity contribution in [3.63, 3.8) is 0 Å². The van der Waals surface area contributed by atoms with E-state index in [2.05, 4.69) is 4.99 Å². The quantitative estimate of drug-likeness (QED) is 0.308. The van der Waals surface area contributed by atoms with Gasteiger partial charge in [0.1, 0.15) is 23.3 Å². The fourth-order valence-corrected chi connectivity index (χ4v) is 3.98. The Balaban J connectivity index is 2.30. The highest BCUT2D eigenvalue weighted by Gasteiger charge is 2.54. The molecule has 25 heavy (non-hydrogen) atoms. The molecule has 2 rings (SSSR count). The molecule has 1 amide bonds. The molecule has 1 saturated heterocycles. The molecule has 0 N–H and O–H groups in total. The molecule has 0 unspecified atom stereocenters. The first-order chi connectivity index (χ1) is 11.7. The number of β-lactam (4-membered cyclic amide) rings is 1. The van der Waals surface area contributed by atoms with Crippen molar-refractivity contribution in [3.05, 3.63) is 11.3 Å². The van der Waals surface area contributed by atoms with E-state index < -0.39 is 23.6 Å². The maximum atomic E-state index is 12.7. The first-order valence-electron chi connectivity index (χ1n) is 7.73. The van der Waals surface area contributed by atoms with Gasteiger partial charge in [-0.15, -0.1) is 23.5 Å². The number of hydrogen-bond acceptors (Lipinski definition) is 8. The van der Waals surface area contributed by atoms with E-state index in [0.717, 1.165) is 0 Å². The van der Waals surface area contributed by atoms with Crippen molar-refractivity contribution in [1.29, 1.82) is 0 Å². The zero-order chi connectivity index (χ0) is 18.8. The van der Waals surface area contributed by atoms with Crippen LogP contribution in [0.5, 0.6) is 0 Å². The lowest BCUT2D eigenvalue weighted by atomic mass is 10.0. The summed E-state index contributed by atoms with van der Waals surface area (Å²) in [6, 6.07) is -0.495. The van der Waals surface area contributed by atoms with E-state index in [4.69, 9.17) is 9.47 Å². The highest BCUT2D eigenvalue weighted by atomic mass is 32.2. The number of esters is 2. The van der Waals surface area contributed by atoms with Gasteiger partial charge >= 0.3 is 11.9 Å². The predicted molar refractivity (Wildman–Crippen MR) is 98.4 cm³/mol. The normalized spacial score (nSPS) is 23.4. The van der Waals surface area contributed by atoms with E-state index >= 15 is 0 Å². The van der Waals surface area contributed by atoms with Crippen LogP contribution >= 0.6 is 23.5 Å². The van der Waals surface area contributed by atoms with Crippen molar-refractivity contribution in [2.75, 3.05) is 18.6 Å². The lowest BCUT2D eigenvalue weighted by Crippen LogP contribution is -2.64. The standard InChI is InChI=1S/C16H22N2O5S2/c1-9(19)22-6-10-7-25-14-11(17-8-24-5)13(20)18(14)12(10)15(21)23-16(2,3)4/h8,11,14H,6-7H2,1-5H3/t11-,14-/m1/s1. The van der Waals surface area contributed by atoms with Gasteiger partial charge in [-0.05, 0) is 27.0 Å². The minimum Gasteiger partial charge on any atom is -0.461 e. The van der Waals surface area contributed by atoms with Crippen LogP contribution in [0.2, 0.25) is 0 Å². The molecule has 0 aromatic rings. The molecule has 2 atom stereocenters. The summed E-state index contributed by atoms with van der Waals surface area (Å²) in [6.45, 7) is 6.54. The largest absolute Gasteiger partial charge is 0.461 e. The second kappa shape index (κ2) is 7.82. The van der Waals surface area contributed by atoms with Gasteiger partial charge in [0.25, 0.3) is 5.91 Å². The summed E-state index contributed by atoms with van der Waals surface area (Å²) in [5, 5.41) is -0.237. The summed E-state index contributed by atoms with van der Waals surface area (Å²) in [6.07, 6.45) is 1.86. The number of carbonyl (C=O) groups is 3. The van der Waals surface area contributed by atoms with Crippen LogP contribution in [-0.2, 0) is 23.9 Å². The molecule has 7 nitrogen and oxygen atoms in total. The second-order valence-electron chi connectivity index (χ2n) is 6.58. The Morgan fingerprint density at radius 3 is 2.68 bits per heavy atom. The Bertz CT molecular complexity index is 639. The maximum Gasteiger partial charge on any atom is 0.355 e. The first-order valence-corrected chi connectivity index (χ1v) is 10.1. The van der Waals surface area contributed by atoms with E-state index in [1.165, 1.54) is 35.3 Å². The van der Waals surface area contributed by atoms with Crippen LogP contribution in [0.3, 0.4) is 0 Å². The minimum absolute atomic E-state index is 0.0356. The number of ether oxygens (including phenoxy) is 2. The average Bonchev–Trinajstić information content (AvgIpc) is 2.50. The van der Waals surface area contributed by atoms with Crippen molar-refractivity contribution < 1.29 is 23.9 Å². The summed E-state index contributed by atoms with van der Waals surface area (Å²) >= 11 is 2.91. The topological polar surface area (TPSA) is 85.3 Å². The molecular weight excluding hydrogens is 364 g/mol. The molecule has 0 aromatic heterocycles. The van der Waals surface area contributed by atoms with E-state index in [9.17, 15) is 14.4 Å². The Morgan fingerprint density at radius 1 is 1.44 bits per heavy atom. The summed E-state index contributed by atoms with van der Waals surface area (Å²) < 4.78 is 10.5. The third-order valence-corrected chi connectivity index (χ3v) is 5.05. The molecule has 2 aliphatic heterocycles. The first kappa shape index (κ1) is 19.8. The van der Waals surface area contributed by atoms with Gasteiger partial charge in [-0.25, -0.2) is 4.79 Å². The fraction of sp³-hybridized carbons (Fsp3) is 0.625. The van der Waals surface area contributed by atoms with E-state index in [0.29, 0.717) is 11.3 Å². The molecule has 2 aliphatic rings. The Morgan fingerprint density at radius 2 is 2.12 bits per heavy atom. The van der Waals surface area contributed by atoms with Crippen molar-refractivity contribution in [3.8, 4) is 0 Å². The lowest BCUT2D eigenvalue weighted by Gasteiger charge is -2.48. The molecule has 9 heteroatoms. The van der Waals surface area contributed by atoms with Crippen molar-refractivity contribution >= 4 is 46.9 Å². The van der Waals surface area contributed by atoms with Crippen LogP contribution in [0.25, 0.3) is 0 Å². The smallest absolute Gasteiger partial charge is 0.355 e. The van der Waals surface area contributed by atoms with E-state index in [1.807, 2.05) is 6.26 Å². The van der Waals surface area contributed by atoms with Crippen molar-refractivity contribution in [2.45, 2.75) is 44.7 Å². The summed E-state index contributed by atoms with van der Waals surface area (Å²) in [4.78, 5) is 41.9. The van der Waals surface area contributed by atoms with Gasteiger partial charge in [-0.1, -0.05) is 0 Å². The Kier molecular flexibility index (Phi) is 6.21. The van der Waals surface area contributed by atoms with Gasteiger partial charge in [-0.2, -0.15) is 0 Å². The molecule has 1 fully saturated rings. The third-order valence-electron chi connectivity index (χ3n) is 3.39. The van der Waals surface area contributed by atoms with E-state index in [-0.39, 0.29) is 23.6 Å².